The zero-order chi connectivity index (χ0) is 23.4. The van der Waals surface area contributed by atoms with Gasteiger partial charge >= 0.3 is 0 Å². The monoisotopic (exact) mass is 445 g/mol. The van der Waals surface area contributed by atoms with E-state index in [0.29, 0.717) is 11.3 Å². The summed E-state index contributed by atoms with van der Waals surface area (Å²) >= 11 is 0. The van der Waals surface area contributed by atoms with Crippen molar-refractivity contribution in [2.45, 2.75) is 59.3 Å². The standard InChI is InChI=1S/C32H33N2/c1-19-9-10-25-24-8-6-7-20(2)29(24)34-26-18-23(21-11-14-32(3,4)15-12-21)17-22-13-16-33(5)31(28(22)26)27(19)30(25)34/h6-10,13,16-18,21H,11-12,14-15H2,1-5H3/q+1. The summed E-state index contributed by atoms with van der Waals surface area (Å²) in [5.41, 5.74) is 10.2. The minimum absolute atomic E-state index is 0.485. The Morgan fingerprint density at radius 3 is 2.41 bits per heavy atom. The Morgan fingerprint density at radius 2 is 1.62 bits per heavy atom. The fraction of sp³-hybridized carbons (Fsp3) is 0.344. The molecule has 0 saturated heterocycles. The molecule has 7 rings (SSSR count). The number of aryl methyl sites for hydroxylation is 3. The summed E-state index contributed by atoms with van der Waals surface area (Å²) in [6.45, 7) is 9.41. The first-order chi connectivity index (χ1) is 16.3. The molecule has 0 N–H and O–H groups in total. The van der Waals surface area contributed by atoms with Gasteiger partial charge in [0.15, 0.2) is 6.20 Å². The number of benzene rings is 3. The highest BCUT2D eigenvalue weighted by molar-refractivity contribution is 6.26. The lowest BCUT2D eigenvalue weighted by molar-refractivity contribution is -0.643. The molecular formula is C32H33N2+. The van der Waals surface area contributed by atoms with Gasteiger partial charge in [-0.15, -0.1) is 0 Å². The second-order valence-corrected chi connectivity index (χ2v) is 11.7. The van der Waals surface area contributed by atoms with Crippen molar-refractivity contribution in [3.05, 3.63) is 71.4 Å². The van der Waals surface area contributed by atoms with Crippen LogP contribution >= 0.6 is 0 Å². The van der Waals surface area contributed by atoms with Crippen molar-refractivity contribution in [2.24, 2.45) is 12.5 Å². The fourth-order valence-corrected chi connectivity index (χ4v) is 6.92. The summed E-state index contributed by atoms with van der Waals surface area (Å²) in [5, 5.41) is 6.90. The highest BCUT2D eigenvalue weighted by Crippen LogP contribution is 2.46. The van der Waals surface area contributed by atoms with Crippen LogP contribution < -0.4 is 4.57 Å². The van der Waals surface area contributed by atoms with Crippen LogP contribution in [0.3, 0.4) is 0 Å². The van der Waals surface area contributed by atoms with E-state index in [4.69, 9.17) is 0 Å². The van der Waals surface area contributed by atoms with E-state index < -0.39 is 0 Å². The van der Waals surface area contributed by atoms with Gasteiger partial charge in [-0.05, 0) is 79.0 Å². The molecule has 1 fully saturated rings. The van der Waals surface area contributed by atoms with Crippen molar-refractivity contribution in [3.63, 3.8) is 0 Å². The highest BCUT2D eigenvalue weighted by atomic mass is 15.0. The van der Waals surface area contributed by atoms with Gasteiger partial charge in [-0.3, -0.25) is 0 Å². The molecule has 170 valence electrons. The topological polar surface area (TPSA) is 8.29 Å². The predicted molar refractivity (Wildman–Crippen MR) is 144 cm³/mol. The van der Waals surface area contributed by atoms with Crippen LogP contribution in [-0.2, 0) is 7.05 Å². The van der Waals surface area contributed by atoms with Gasteiger partial charge < -0.3 is 4.40 Å². The number of nitrogens with zero attached hydrogens (tertiary/aromatic N) is 2. The predicted octanol–water partition coefficient (Wildman–Crippen LogP) is 8.12. The maximum absolute atomic E-state index is 2.61. The Hall–Kier alpha value is -3.13. The second kappa shape index (κ2) is 6.72. The molecule has 1 aliphatic rings. The molecule has 3 aromatic carbocycles. The molecule has 0 spiro atoms. The Bertz CT molecular complexity index is 1760. The normalized spacial score (nSPS) is 17.2. The van der Waals surface area contributed by atoms with Crippen molar-refractivity contribution >= 4 is 49.0 Å². The molecule has 0 unspecified atom stereocenters. The van der Waals surface area contributed by atoms with Gasteiger partial charge in [-0.1, -0.05) is 50.2 Å². The summed E-state index contributed by atoms with van der Waals surface area (Å²) in [4.78, 5) is 0. The van der Waals surface area contributed by atoms with Crippen molar-refractivity contribution in [1.29, 1.82) is 0 Å². The average Bonchev–Trinajstić information content (AvgIpc) is 3.15. The van der Waals surface area contributed by atoms with Crippen LogP contribution in [0.4, 0.5) is 0 Å². The molecule has 1 aliphatic carbocycles. The van der Waals surface area contributed by atoms with E-state index in [9.17, 15) is 0 Å². The second-order valence-electron chi connectivity index (χ2n) is 11.7. The van der Waals surface area contributed by atoms with Crippen molar-refractivity contribution in [2.75, 3.05) is 0 Å². The quantitative estimate of drug-likeness (QED) is 0.137. The van der Waals surface area contributed by atoms with Gasteiger partial charge in [-0.2, -0.15) is 0 Å². The Kier molecular flexibility index (Phi) is 4.00. The molecule has 0 atom stereocenters. The van der Waals surface area contributed by atoms with Gasteiger partial charge in [0.2, 0.25) is 5.52 Å². The summed E-state index contributed by atoms with van der Waals surface area (Å²) in [6, 6.07) is 18.8. The molecule has 0 bridgehead atoms. The van der Waals surface area contributed by atoms with Gasteiger partial charge in [0, 0.05) is 16.8 Å². The van der Waals surface area contributed by atoms with Gasteiger partial charge in [0.05, 0.1) is 27.3 Å². The number of hydrogen-bond acceptors (Lipinski definition) is 0. The lowest BCUT2D eigenvalue weighted by Gasteiger charge is -2.34. The van der Waals surface area contributed by atoms with Crippen LogP contribution in [0, 0.1) is 19.3 Å². The lowest BCUT2D eigenvalue weighted by atomic mass is 9.71. The molecule has 0 aliphatic heterocycles. The van der Waals surface area contributed by atoms with E-state index in [2.05, 4.69) is 98.4 Å². The number of pyridine rings is 2. The number of fused-ring (bicyclic) bond motifs is 5. The molecular weight excluding hydrogens is 412 g/mol. The maximum Gasteiger partial charge on any atom is 0.224 e. The molecule has 34 heavy (non-hydrogen) atoms. The minimum atomic E-state index is 0.485. The van der Waals surface area contributed by atoms with Gasteiger partial charge in [0.25, 0.3) is 0 Å². The number of rotatable bonds is 1. The summed E-state index contributed by atoms with van der Waals surface area (Å²) in [5.74, 6) is 0.656. The van der Waals surface area contributed by atoms with Crippen LogP contribution in [0.5, 0.6) is 0 Å². The Labute approximate surface area is 201 Å². The number of para-hydroxylation sites is 1. The Balaban J connectivity index is 1.70. The van der Waals surface area contributed by atoms with Crippen LogP contribution in [0.25, 0.3) is 49.0 Å². The lowest BCUT2D eigenvalue weighted by Crippen LogP contribution is -2.29. The third-order valence-electron chi connectivity index (χ3n) is 8.89. The van der Waals surface area contributed by atoms with Crippen LogP contribution in [0.1, 0.15) is 62.1 Å². The van der Waals surface area contributed by atoms with E-state index in [1.165, 1.54) is 91.4 Å². The first-order valence-corrected chi connectivity index (χ1v) is 12.8. The molecule has 3 heterocycles. The maximum atomic E-state index is 2.61. The summed E-state index contributed by atoms with van der Waals surface area (Å²) in [6.07, 6.45) is 7.48. The van der Waals surface area contributed by atoms with Gasteiger partial charge in [-0.25, -0.2) is 4.57 Å². The zero-order valence-corrected chi connectivity index (χ0v) is 21.0. The van der Waals surface area contributed by atoms with Crippen molar-refractivity contribution in [1.82, 2.24) is 4.40 Å². The third-order valence-corrected chi connectivity index (χ3v) is 8.89. The van der Waals surface area contributed by atoms with Crippen LogP contribution in [0.15, 0.2) is 54.7 Å². The molecule has 2 nitrogen and oxygen atoms in total. The van der Waals surface area contributed by atoms with E-state index in [1.54, 1.807) is 0 Å². The van der Waals surface area contributed by atoms with Crippen molar-refractivity contribution in [3.8, 4) is 0 Å². The summed E-state index contributed by atoms with van der Waals surface area (Å²) < 4.78 is 4.94. The Morgan fingerprint density at radius 1 is 0.853 bits per heavy atom. The van der Waals surface area contributed by atoms with E-state index in [0.717, 1.165) is 0 Å². The average molecular weight is 446 g/mol. The van der Waals surface area contributed by atoms with Crippen molar-refractivity contribution < 1.29 is 4.57 Å². The van der Waals surface area contributed by atoms with E-state index >= 15 is 0 Å². The smallest absolute Gasteiger partial charge is 0.224 e. The highest BCUT2D eigenvalue weighted by Gasteiger charge is 2.29. The molecule has 6 aromatic rings. The zero-order valence-electron chi connectivity index (χ0n) is 21.0. The molecule has 0 amide bonds. The SMILES string of the molecule is Cc1ccc2c3cccc(C)c3n3c4cc(C5CCC(C)(C)CC5)cc5cc[n+](C)c(c1c23)c54. The summed E-state index contributed by atoms with van der Waals surface area (Å²) in [7, 11) is 2.21. The van der Waals surface area contributed by atoms with E-state index in [-0.39, 0.29) is 0 Å². The number of aromatic nitrogens is 2. The fourth-order valence-electron chi connectivity index (χ4n) is 6.92. The molecule has 3 aromatic heterocycles. The first-order valence-electron chi connectivity index (χ1n) is 12.8. The molecule has 1 saturated carbocycles. The third kappa shape index (κ3) is 2.60. The van der Waals surface area contributed by atoms with Gasteiger partial charge in [0.1, 0.15) is 7.05 Å². The first kappa shape index (κ1) is 20.3. The van der Waals surface area contributed by atoms with E-state index in [1.807, 2.05) is 0 Å². The van der Waals surface area contributed by atoms with Crippen LogP contribution in [0.2, 0.25) is 0 Å². The number of hydrogen-bond donors (Lipinski definition) is 0. The largest absolute Gasteiger partial charge is 0.307 e. The van der Waals surface area contributed by atoms with Crippen LogP contribution in [-0.4, -0.2) is 4.40 Å². The minimum Gasteiger partial charge on any atom is -0.307 e. The molecule has 0 radical (unpaired) electrons. The molecule has 2 heteroatoms.